The summed E-state index contributed by atoms with van der Waals surface area (Å²) >= 11 is 0. The maximum absolute atomic E-state index is 8.52. The Morgan fingerprint density at radius 3 is 1.78 bits per heavy atom. The van der Waals surface area contributed by atoms with Gasteiger partial charge in [-0.1, -0.05) is 47.6 Å². The molecule has 0 spiro atoms. The summed E-state index contributed by atoms with van der Waals surface area (Å²) in [4.78, 5) is 0. The first-order valence-corrected chi connectivity index (χ1v) is 6.91. The van der Waals surface area contributed by atoms with Crippen molar-refractivity contribution in [3.8, 4) is 12.1 Å². The van der Waals surface area contributed by atoms with Gasteiger partial charge in [0.15, 0.2) is 0 Å². The molecule has 0 N–H and O–H groups in total. The summed E-state index contributed by atoms with van der Waals surface area (Å²) in [6.07, 6.45) is 4.90. The Morgan fingerprint density at radius 1 is 1.11 bits per heavy atom. The predicted molar refractivity (Wildman–Crippen MR) is 77.7 cm³/mol. The molecule has 1 atom stereocenters. The zero-order chi connectivity index (χ0) is 14.6. The first kappa shape index (κ1) is 19.1. The van der Waals surface area contributed by atoms with Gasteiger partial charge in [-0.05, 0) is 31.1 Å². The lowest BCUT2D eigenvalue weighted by Gasteiger charge is -2.07. The van der Waals surface area contributed by atoms with Gasteiger partial charge in [-0.15, -0.1) is 0 Å². The van der Waals surface area contributed by atoms with Gasteiger partial charge in [0.2, 0.25) is 0 Å². The molecule has 2 heteroatoms. The van der Waals surface area contributed by atoms with Gasteiger partial charge in [-0.3, -0.25) is 0 Å². The third-order valence-electron chi connectivity index (χ3n) is 2.49. The van der Waals surface area contributed by atoms with Gasteiger partial charge in [0, 0.05) is 11.5 Å². The third-order valence-corrected chi connectivity index (χ3v) is 2.49. The Morgan fingerprint density at radius 2 is 1.67 bits per heavy atom. The Bertz CT molecular complexity index is 300. The third kappa shape index (κ3) is 12.8. The number of nitriles is 2. The fraction of sp³-hybridized carbons (Fsp3) is 0.750. The molecule has 0 heterocycles. The van der Waals surface area contributed by atoms with E-state index in [2.05, 4.69) is 46.8 Å². The molecule has 0 unspecified atom stereocenters. The van der Waals surface area contributed by atoms with Gasteiger partial charge in [0.1, 0.15) is 0 Å². The smallest absolute Gasteiger partial charge is 0.0943 e. The van der Waals surface area contributed by atoms with E-state index in [1.165, 1.54) is 0 Å². The molecule has 0 bridgehead atoms. The molecular weight excluding hydrogens is 220 g/mol. The van der Waals surface area contributed by atoms with Gasteiger partial charge >= 0.3 is 0 Å². The van der Waals surface area contributed by atoms with Crippen LogP contribution in [-0.4, -0.2) is 0 Å². The number of nitrogens with zero attached hydrogens (tertiary/aromatic N) is 2. The molecule has 0 aliphatic heterocycles. The van der Waals surface area contributed by atoms with Crippen LogP contribution in [0.2, 0.25) is 0 Å². The molecule has 0 aliphatic carbocycles. The molecule has 2 nitrogen and oxygen atoms in total. The molecule has 0 radical (unpaired) electrons. The molecule has 0 amide bonds. The summed E-state index contributed by atoms with van der Waals surface area (Å²) in [6.45, 7) is 12.5. The summed E-state index contributed by atoms with van der Waals surface area (Å²) in [6, 6.07) is 4.43. The minimum Gasteiger partial charge on any atom is -0.198 e. The molecule has 0 aliphatic rings. The highest BCUT2D eigenvalue weighted by atomic mass is 14.3. The van der Waals surface area contributed by atoms with Crippen LogP contribution in [0.3, 0.4) is 0 Å². The van der Waals surface area contributed by atoms with E-state index in [0.717, 1.165) is 24.8 Å². The first-order chi connectivity index (χ1) is 8.40. The Balaban J connectivity index is 0. The van der Waals surface area contributed by atoms with E-state index < -0.39 is 0 Å². The second kappa shape index (κ2) is 12.2. The zero-order valence-corrected chi connectivity index (χ0v) is 12.8. The fourth-order valence-electron chi connectivity index (χ4n) is 1.52. The van der Waals surface area contributed by atoms with Crippen LogP contribution in [-0.2, 0) is 0 Å². The van der Waals surface area contributed by atoms with Crippen LogP contribution in [0.1, 0.15) is 60.8 Å². The second-order valence-electron chi connectivity index (χ2n) is 5.27. The van der Waals surface area contributed by atoms with Crippen LogP contribution >= 0.6 is 0 Å². The molecule has 0 aromatic carbocycles. The number of hydrogen-bond donors (Lipinski definition) is 0. The Kier molecular flexibility index (Phi) is 12.9. The number of hydrogen-bond acceptors (Lipinski definition) is 2. The van der Waals surface area contributed by atoms with E-state index in [9.17, 15) is 0 Å². The van der Waals surface area contributed by atoms with E-state index in [4.69, 9.17) is 10.5 Å². The molecule has 0 rings (SSSR count). The topological polar surface area (TPSA) is 47.6 Å². The Hall–Kier alpha value is -1.28. The molecule has 102 valence electrons. The lowest BCUT2D eigenvalue weighted by Crippen LogP contribution is -1.99. The summed E-state index contributed by atoms with van der Waals surface area (Å²) in [7, 11) is 0. The lowest BCUT2D eigenvalue weighted by molar-refractivity contribution is 0.473. The molecule has 0 aromatic heterocycles. The van der Waals surface area contributed by atoms with Crippen LogP contribution in [0.25, 0.3) is 0 Å². The normalized spacial score (nSPS) is 12.4. The summed E-state index contributed by atoms with van der Waals surface area (Å²) < 4.78 is 0. The van der Waals surface area contributed by atoms with E-state index in [-0.39, 0.29) is 5.92 Å². The van der Waals surface area contributed by atoms with Crippen LogP contribution in [0.5, 0.6) is 0 Å². The van der Waals surface area contributed by atoms with Gasteiger partial charge in [0.05, 0.1) is 12.1 Å². The summed E-state index contributed by atoms with van der Waals surface area (Å²) in [5, 5.41) is 17.0. The maximum Gasteiger partial charge on any atom is 0.0943 e. The van der Waals surface area contributed by atoms with Crippen molar-refractivity contribution in [3.05, 3.63) is 11.6 Å². The second-order valence-corrected chi connectivity index (χ2v) is 5.27. The molecular formula is C16H28N2. The summed E-state index contributed by atoms with van der Waals surface area (Å²) in [5.74, 6) is 1.44. The minimum atomic E-state index is 0.282. The molecule has 0 aromatic rings. The van der Waals surface area contributed by atoms with Crippen LogP contribution < -0.4 is 0 Å². The molecule has 0 saturated heterocycles. The summed E-state index contributed by atoms with van der Waals surface area (Å²) in [5.41, 5.74) is 0.894. The van der Waals surface area contributed by atoms with E-state index in [0.29, 0.717) is 11.8 Å². The highest BCUT2D eigenvalue weighted by molar-refractivity contribution is 5.20. The molecule has 0 saturated carbocycles. The first-order valence-electron chi connectivity index (χ1n) is 6.91. The maximum atomic E-state index is 8.52. The van der Waals surface area contributed by atoms with Crippen molar-refractivity contribution < 1.29 is 0 Å². The standard InChI is InChI=1S/C8H15N.C8H13N/c2*1-4-8(6-9)5-7(2)3/h7-8H,4-5H2,1-3H3;5,7H,4H2,1-3H3/b;8-5+/t8-;/m1./s1. The van der Waals surface area contributed by atoms with E-state index in [1.54, 1.807) is 0 Å². The average molecular weight is 248 g/mol. The van der Waals surface area contributed by atoms with Crippen LogP contribution in [0.15, 0.2) is 11.6 Å². The van der Waals surface area contributed by atoms with E-state index >= 15 is 0 Å². The van der Waals surface area contributed by atoms with Crippen molar-refractivity contribution in [3.63, 3.8) is 0 Å². The van der Waals surface area contributed by atoms with Crippen molar-refractivity contribution in [1.82, 2.24) is 0 Å². The number of allylic oxidation sites excluding steroid dienone is 2. The van der Waals surface area contributed by atoms with Crippen molar-refractivity contribution in [2.75, 3.05) is 0 Å². The zero-order valence-electron chi connectivity index (χ0n) is 12.8. The highest BCUT2D eigenvalue weighted by Gasteiger charge is 2.05. The largest absolute Gasteiger partial charge is 0.198 e. The molecule has 18 heavy (non-hydrogen) atoms. The van der Waals surface area contributed by atoms with Crippen molar-refractivity contribution in [2.24, 2.45) is 17.8 Å². The van der Waals surface area contributed by atoms with E-state index in [1.807, 2.05) is 13.0 Å². The lowest BCUT2D eigenvalue weighted by atomic mass is 9.96. The van der Waals surface area contributed by atoms with Crippen LogP contribution in [0.4, 0.5) is 0 Å². The number of rotatable bonds is 5. The predicted octanol–water partition coefficient (Wildman–Crippen LogP) is 5.08. The molecule has 0 fully saturated rings. The average Bonchev–Trinajstić information content (AvgIpc) is 2.33. The van der Waals surface area contributed by atoms with Crippen LogP contribution in [0, 0.1) is 40.4 Å². The SMILES string of the molecule is CC/C(C#N)=C\C(C)C.CC[C@@H](C#N)CC(C)C. The minimum absolute atomic E-state index is 0.282. The Labute approximate surface area is 113 Å². The van der Waals surface area contributed by atoms with Gasteiger partial charge in [-0.2, -0.15) is 10.5 Å². The van der Waals surface area contributed by atoms with Gasteiger partial charge in [0.25, 0.3) is 0 Å². The van der Waals surface area contributed by atoms with Gasteiger partial charge < -0.3 is 0 Å². The highest BCUT2D eigenvalue weighted by Crippen LogP contribution is 2.13. The van der Waals surface area contributed by atoms with Gasteiger partial charge in [-0.25, -0.2) is 0 Å². The van der Waals surface area contributed by atoms with Crippen molar-refractivity contribution in [2.45, 2.75) is 60.8 Å². The monoisotopic (exact) mass is 248 g/mol. The van der Waals surface area contributed by atoms with Crippen molar-refractivity contribution >= 4 is 0 Å². The quantitative estimate of drug-likeness (QED) is 0.636. The van der Waals surface area contributed by atoms with Crippen molar-refractivity contribution in [1.29, 1.82) is 10.5 Å². The fourth-order valence-corrected chi connectivity index (χ4v) is 1.52.